The van der Waals surface area contributed by atoms with Crippen LogP contribution in [0.4, 0.5) is 20.6 Å². The average molecular weight is 329 g/mol. The van der Waals surface area contributed by atoms with E-state index in [-0.39, 0.29) is 11.8 Å². The summed E-state index contributed by atoms with van der Waals surface area (Å²) in [5, 5.41) is 3.80. The minimum absolute atomic E-state index is 0.317. The summed E-state index contributed by atoms with van der Waals surface area (Å²) in [6.45, 7) is 2.76. The molecule has 4 nitrogen and oxygen atoms in total. The number of amides is 2. The molecule has 118 valence electrons. The van der Waals surface area contributed by atoms with E-state index in [4.69, 9.17) is 0 Å². The zero-order valence-corrected chi connectivity index (χ0v) is 13.4. The first-order chi connectivity index (χ1) is 11.1. The van der Waals surface area contributed by atoms with Gasteiger partial charge < -0.3 is 5.32 Å². The number of rotatable bonds is 2. The number of halogens is 1. The highest BCUT2D eigenvalue weighted by atomic mass is 32.2. The molecular weight excluding hydrogens is 313 g/mol. The number of thioether (sulfide) groups is 1. The lowest BCUT2D eigenvalue weighted by Gasteiger charge is -2.22. The van der Waals surface area contributed by atoms with Gasteiger partial charge in [0.1, 0.15) is 5.82 Å². The van der Waals surface area contributed by atoms with Crippen molar-refractivity contribution in [1.29, 1.82) is 0 Å². The molecule has 0 aliphatic carbocycles. The third-order valence-electron chi connectivity index (χ3n) is 3.29. The fourth-order valence-corrected chi connectivity index (χ4v) is 3.14. The number of hydrogen-bond donors (Lipinski definition) is 1. The van der Waals surface area contributed by atoms with Crippen molar-refractivity contribution in [2.45, 2.75) is 12.2 Å². The molecule has 2 aromatic carbocycles. The second kappa shape index (κ2) is 6.83. The van der Waals surface area contributed by atoms with Crippen molar-refractivity contribution < 1.29 is 9.18 Å². The van der Waals surface area contributed by atoms with Crippen LogP contribution in [0.15, 0.2) is 59.6 Å². The third kappa shape index (κ3) is 3.71. The van der Waals surface area contributed by atoms with Crippen LogP contribution in [0.25, 0.3) is 0 Å². The van der Waals surface area contributed by atoms with Gasteiger partial charge in [-0.3, -0.25) is 4.99 Å². The van der Waals surface area contributed by atoms with Crippen molar-refractivity contribution in [2.24, 2.45) is 4.99 Å². The summed E-state index contributed by atoms with van der Waals surface area (Å²) < 4.78 is 13.0. The Kier molecular flexibility index (Phi) is 4.62. The van der Waals surface area contributed by atoms with Crippen LogP contribution < -0.4 is 10.2 Å². The van der Waals surface area contributed by atoms with Gasteiger partial charge in [-0.1, -0.05) is 36.9 Å². The number of amidine groups is 1. The lowest BCUT2D eigenvalue weighted by atomic mass is 10.3. The molecule has 3 rings (SSSR count). The molecule has 2 amide bonds. The quantitative estimate of drug-likeness (QED) is 0.890. The molecule has 0 saturated carbocycles. The highest BCUT2D eigenvalue weighted by Crippen LogP contribution is 2.27. The first-order valence-electron chi connectivity index (χ1n) is 7.26. The fourth-order valence-electron chi connectivity index (χ4n) is 2.19. The maximum Gasteiger partial charge on any atom is 0.332 e. The van der Waals surface area contributed by atoms with E-state index in [0.717, 1.165) is 5.69 Å². The van der Waals surface area contributed by atoms with E-state index in [2.05, 4.69) is 17.2 Å². The van der Waals surface area contributed by atoms with Crippen molar-refractivity contribution in [2.75, 3.05) is 16.8 Å². The van der Waals surface area contributed by atoms with E-state index < -0.39 is 0 Å². The second-order valence-corrected chi connectivity index (χ2v) is 6.57. The molecule has 1 N–H and O–H groups in total. The lowest BCUT2D eigenvalue weighted by Crippen LogP contribution is -2.38. The number of hydrogen-bond acceptors (Lipinski definition) is 3. The number of aliphatic imine (C=N–C) groups is 1. The molecule has 1 aliphatic heterocycles. The molecule has 6 heteroatoms. The standard InChI is InChI=1S/C17H16FN3OS/c1-12-11-19-17(23-12)21(15-5-3-2-4-6-15)16(22)20-14-9-7-13(18)8-10-14/h2-10,12H,11H2,1H3,(H,20,22)/t12-/m0/s1. The highest BCUT2D eigenvalue weighted by molar-refractivity contribution is 8.15. The number of para-hydroxylation sites is 1. The van der Waals surface area contributed by atoms with Gasteiger partial charge in [-0.05, 0) is 36.4 Å². The van der Waals surface area contributed by atoms with Crippen molar-refractivity contribution >= 4 is 34.3 Å². The zero-order chi connectivity index (χ0) is 16.2. The summed E-state index contributed by atoms with van der Waals surface area (Å²) in [6, 6.07) is 14.7. The van der Waals surface area contributed by atoms with Gasteiger partial charge in [0.2, 0.25) is 0 Å². The van der Waals surface area contributed by atoms with Gasteiger partial charge in [0, 0.05) is 10.9 Å². The minimum Gasteiger partial charge on any atom is -0.307 e. The molecule has 0 bridgehead atoms. The van der Waals surface area contributed by atoms with Crippen molar-refractivity contribution in [3.63, 3.8) is 0 Å². The van der Waals surface area contributed by atoms with Crippen molar-refractivity contribution in [1.82, 2.24) is 0 Å². The number of nitrogens with zero attached hydrogens (tertiary/aromatic N) is 2. The zero-order valence-electron chi connectivity index (χ0n) is 12.6. The maximum absolute atomic E-state index is 13.0. The van der Waals surface area contributed by atoms with Crippen LogP contribution in [-0.2, 0) is 0 Å². The molecule has 0 spiro atoms. The summed E-state index contributed by atoms with van der Waals surface area (Å²) in [7, 11) is 0. The number of carbonyl (C=O) groups is 1. The Morgan fingerprint density at radius 2 is 1.91 bits per heavy atom. The van der Waals surface area contributed by atoms with Gasteiger partial charge in [0.25, 0.3) is 0 Å². The predicted octanol–water partition coefficient (Wildman–Crippen LogP) is 4.36. The van der Waals surface area contributed by atoms with Crippen LogP contribution >= 0.6 is 11.8 Å². The topological polar surface area (TPSA) is 44.7 Å². The number of nitrogens with one attached hydrogen (secondary N) is 1. The molecule has 0 saturated heterocycles. The Balaban J connectivity index is 1.86. The average Bonchev–Trinajstić information content (AvgIpc) is 2.97. The predicted molar refractivity (Wildman–Crippen MR) is 93.7 cm³/mol. The van der Waals surface area contributed by atoms with Crippen LogP contribution in [0, 0.1) is 5.82 Å². The van der Waals surface area contributed by atoms with Crippen LogP contribution in [0.2, 0.25) is 0 Å². The van der Waals surface area contributed by atoms with Crippen LogP contribution in [0.1, 0.15) is 6.92 Å². The molecular formula is C17H16FN3OS. The summed E-state index contributed by atoms with van der Waals surface area (Å²) in [6.07, 6.45) is 0. The van der Waals surface area contributed by atoms with Gasteiger partial charge >= 0.3 is 6.03 Å². The van der Waals surface area contributed by atoms with Crippen LogP contribution in [0.3, 0.4) is 0 Å². The Morgan fingerprint density at radius 1 is 1.22 bits per heavy atom. The van der Waals surface area contributed by atoms with Crippen molar-refractivity contribution in [3.05, 3.63) is 60.4 Å². The van der Waals surface area contributed by atoms with Gasteiger partial charge in [-0.15, -0.1) is 0 Å². The lowest BCUT2D eigenvalue weighted by molar-refractivity contribution is 0.259. The SMILES string of the molecule is C[C@H]1CN=C(N(C(=O)Nc2ccc(F)cc2)c2ccccc2)S1. The van der Waals surface area contributed by atoms with E-state index in [1.165, 1.54) is 24.3 Å². The Bertz CT molecular complexity index is 718. The summed E-state index contributed by atoms with van der Waals surface area (Å²) in [5.74, 6) is -0.340. The fraction of sp³-hybridized carbons (Fsp3) is 0.176. The third-order valence-corrected chi connectivity index (χ3v) is 4.37. The van der Waals surface area contributed by atoms with Crippen LogP contribution in [-0.4, -0.2) is 23.0 Å². The minimum atomic E-state index is -0.340. The first kappa shape index (κ1) is 15.6. The molecule has 1 atom stereocenters. The Labute approximate surface area is 138 Å². The van der Waals surface area contributed by atoms with E-state index in [1.807, 2.05) is 30.3 Å². The Hall–Kier alpha value is -2.34. The number of urea groups is 1. The summed E-state index contributed by atoms with van der Waals surface area (Å²) in [5.41, 5.74) is 1.28. The van der Waals surface area contributed by atoms with Gasteiger partial charge in [-0.25, -0.2) is 14.1 Å². The van der Waals surface area contributed by atoms with Gasteiger partial charge in [0.05, 0.1) is 12.2 Å². The molecule has 2 aromatic rings. The maximum atomic E-state index is 13.0. The summed E-state index contributed by atoms with van der Waals surface area (Å²) >= 11 is 1.56. The molecule has 23 heavy (non-hydrogen) atoms. The smallest absolute Gasteiger partial charge is 0.307 e. The highest BCUT2D eigenvalue weighted by Gasteiger charge is 2.27. The Morgan fingerprint density at radius 3 is 2.52 bits per heavy atom. The number of anilines is 2. The molecule has 0 unspecified atom stereocenters. The van der Waals surface area contributed by atoms with Gasteiger partial charge in [0.15, 0.2) is 5.17 Å². The van der Waals surface area contributed by atoms with Crippen LogP contribution in [0.5, 0.6) is 0 Å². The number of carbonyl (C=O) groups excluding carboxylic acids is 1. The van der Waals surface area contributed by atoms with E-state index in [1.54, 1.807) is 16.7 Å². The molecule has 0 fully saturated rings. The molecule has 1 aliphatic rings. The summed E-state index contributed by atoms with van der Waals surface area (Å²) in [4.78, 5) is 18.7. The second-order valence-electron chi connectivity index (χ2n) is 5.16. The normalized spacial score (nSPS) is 16.8. The largest absolute Gasteiger partial charge is 0.332 e. The molecule has 1 heterocycles. The molecule has 0 aromatic heterocycles. The van der Waals surface area contributed by atoms with Crippen molar-refractivity contribution in [3.8, 4) is 0 Å². The van der Waals surface area contributed by atoms with E-state index in [0.29, 0.717) is 22.6 Å². The van der Waals surface area contributed by atoms with E-state index >= 15 is 0 Å². The van der Waals surface area contributed by atoms with E-state index in [9.17, 15) is 9.18 Å². The first-order valence-corrected chi connectivity index (χ1v) is 8.14. The van der Waals surface area contributed by atoms with Gasteiger partial charge in [-0.2, -0.15) is 0 Å². The number of benzene rings is 2. The molecule has 0 radical (unpaired) electrons. The monoisotopic (exact) mass is 329 g/mol.